The molecule has 2 fully saturated rings. The van der Waals surface area contributed by atoms with Crippen molar-refractivity contribution in [1.29, 1.82) is 0 Å². The monoisotopic (exact) mass is 423 g/mol. The lowest BCUT2D eigenvalue weighted by atomic mass is 10.2. The molecule has 3 aromatic rings. The van der Waals surface area contributed by atoms with Crippen LogP contribution in [0.5, 0.6) is 0 Å². The Morgan fingerprint density at radius 2 is 1.62 bits per heavy atom. The Bertz CT molecular complexity index is 1130. The fraction of sp³-hybridized carbons (Fsp3) is 0.269. The largest absolute Gasteiger partial charge is 0.352 e. The molecule has 6 heteroatoms. The van der Waals surface area contributed by atoms with Crippen LogP contribution in [0.4, 0.5) is 11.5 Å². The van der Waals surface area contributed by atoms with E-state index in [0.717, 1.165) is 30.2 Å². The first-order valence-electron chi connectivity index (χ1n) is 10.9. The molecule has 2 aliphatic rings. The van der Waals surface area contributed by atoms with Gasteiger partial charge in [-0.3, -0.25) is 9.69 Å². The third kappa shape index (κ3) is 4.34. The third-order valence-electron chi connectivity index (χ3n) is 6.34. The van der Waals surface area contributed by atoms with E-state index in [-0.39, 0.29) is 5.91 Å². The number of carbonyl (C=O) groups excluding carboxylic acids is 1. The minimum absolute atomic E-state index is 0.131. The molecule has 160 valence electrons. The average molecular weight is 424 g/mol. The van der Waals surface area contributed by atoms with Crippen molar-refractivity contribution in [3.8, 4) is 11.8 Å². The van der Waals surface area contributed by atoms with E-state index in [2.05, 4.69) is 44.2 Å². The van der Waals surface area contributed by atoms with Gasteiger partial charge in [0.05, 0.1) is 0 Å². The second kappa shape index (κ2) is 8.81. The fourth-order valence-corrected chi connectivity index (χ4v) is 4.43. The molecule has 2 bridgehead atoms. The van der Waals surface area contributed by atoms with E-state index < -0.39 is 0 Å². The quantitative estimate of drug-likeness (QED) is 0.654. The molecular weight excluding hydrogens is 398 g/mol. The van der Waals surface area contributed by atoms with Gasteiger partial charge in [-0.2, -0.15) is 0 Å². The maximum Gasteiger partial charge on any atom is 0.255 e. The van der Waals surface area contributed by atoms with Crippen molar-refractivity contribution in [2.45, 2.75) is 24.9 Å². The number of aromatic nitrogens is 2. The van der Waals surface area contributed by atoms with Gasteiger partial charge in [-0.1, -0.05) is 24.1 Å². The lowest BCUT2D eigenvalue weighted by Crippen LogP contribution is -2.52. The number of amides is 1. The van der Waals surface area contributed by atoms with Gasteiger partial charge in [-0.15, -0.1) is 10.2 Å². The number of piperazine rings is 1. The van der Waals surface area contributed by atoms with Gasteiger partial charge in [0.1, 0.15) is 5.69 Å². The van der Waals surface area contributed by atoms with E-state index in [4.69, 9.17) is 0 Å². The summed E-state index contributed by atoms with van der Waals surface area (Å²) in [7, 11) is 2.23. The zero-order chi connectivity index (χ0) is 21.9. The molecule has 6 nitrogen and oxygen atoms in total. The zero-order valence-electron chi connectivity index (χ0n) is 18.0. The molecule has 2 unspecified atom stereocenters. The second-order valence-corrected chi connectivity index (χ2v) is 8.38. The van der Waals surface area contributed by atoms with Gasteiger partial charge in [0, 0.05) is 42.0 Å². The predicted octanol–water partition coefficient (Wildman–Crippen LogP) is 3.41. The Balaban J connectivity index is 1.21. The summed E-state index contributed by atoms with van der Waals surface area (Å²) in [6, 6.07) is 21.8. The number of likely N-dealkylation sites (N-methyl/N-ethyl adjacent to an activating group) is 1. The van der Waals surface area contributed by atoms with Crippen LogP contribution in [0.25, 0.3) is 0 Å². The normalized spacial score (nSPS) is 19.8. The maximum atomic E-state index is 12.2. The van der Waals surface area contributed by atoms with Crippen LogP contribution in [0, 0.1) is 11.8 Å². The molecule has 32 heavy (non-hydrogen) atoms. The Hall–Kier alpha value is -3.69. The van der Waals surface area contributed by atoms with Crippen LogP contribution in [0.3, 0.4) is 0 Å². The summed E-state index contributed by atoms with van der Waals surface area (Å²) in [6.07, 6.45) is 2.53. The smallest absolute Gasteiger partial charge is 0.255 e. The number of anilines is 2. The standard InChI is InChI=1S/C26H25N5O/c1-30-23-14-15-24(30)18-31(17-23)25-16-13-22(28-29-25)12-9-19-7-10-21(11-8-19)27-26(32)20-5-3-2-4-6-20/h2-8,10-11,13,16,23-24H,14-15,17-18H2,1H3,(H,27,32). The Kier molecular flexibility index (Phi) is 5.57. The summed E-state index contributed by atoms with van der Waals surface area (Å²) >= 11 is 0. The van der Waals surface area contributed by atoms with E-state index in [1.165, 1.54) is 12.8 Å². The van der Waals surface area contributed by atoms with Gasteiger partial charge in [0.2, 0.25) is 0 Å². The molecule has 0 saturated carbocycles. The number of benzene rings is 2. The fourth-order valence-electron chi connectivity index (χ4n) is 4.43. The summed E-state index contributed by atoms with van der Waals surface area (Å²) in [4.78, 5) is 17.1. The van der Waals surface area contributed by atoms with Crippen LogP contribution in [-0.2, 0) is 0 Å². The van der Waals surface area contributed by atoms with Crippen molar-refractivity contribution in [3.05, 3.63) is 83.6 Å². The number of carbonyl (C=O) groups is 1. The minimum Gasteiger partial charge on any atom is -0.352 e. The molecule has 0 radical (unpaired) electrons. The highest BCUT2D eigenvalue weighted by atomic mass is 16.1. The molecule has 1 N–H and O–H groups in total. The van der Waals surface area contributed by atoms with Crippen LogP contribution in [-0.4, -0.2) is 53.2 Å². The summed E-state index contributed by atoms with van der Waals surface area (Å²) in [5.74, 6) is 6.99. The van der Waals surface area contributed by atoms with E-state index in [1.54, 1.807) is 12.1 Å². The molecule has 5 rings (SSSR count). The van der Waals surface area contributed by atoms with Crippen LogP contribution < -0.4 is 10.2 Å². The third-order valence-corrected chi connectivity index (χ3v) is 6.34. The SMILES string of the molecule is CN1C2CCC1CN(c1ccc(C#Cc3ccc(NC(=O)c4ccccc4)cc3)nn1)C2. The number of rotatable bonds is 3. The Morgan fingerprint density at radius 1 is 0.906 bits per heavy atom. The predicted molar refractivity (Wildman–Crippen MR) is 126 cm³/mol. The average Bonchev–Trinajstić information content (AvgIpc) is 3.04. The van der Waals surface area contributed by atoms with Crippen LogP contribution in [0.1, 0.15) is 34.5 Å². The maximum absolute atomic E-state index is 12.2. The first-order chi connectivity index (χ1) is 15.7. The molecule has 0 aliphatic carbocycles. The highest BCUT2D eigenvalue weighted by molar-refractivity contribution is 6.04. The number of fused-ring (bicyclic) bond motifs is 2. The summed E-state index contributed by atoms with van der Waals surface area (Å²) in [5, 5.41) is 11.6. The van der Waals surface area contributed by atoms with E-state index >= 15 is 0 Å². The molecule has 0 spiro atoms. The van der Waals surface area contributed by atoms with Crippen molar-refractivity contribution in [2.75, 3.05) is 30.4 Å². The molecule has 1 aromatic heterocycles. The number of nitrogens with zero attached hydrogens (tertiary/aromatic N) is 4. The molecule has 2 atom stereocenters. The van der Waals surface area contributed by atoms with Gasteiger partial charge < -0.3 is 10.2 Å². The summed E-state index contributed by atoms with van der Waals surface area (Å²) in [5.41, 5.74) is 2.86. The van der Waals surface area contributed by atoms with Crippen molar-refractivity contribution < 1.29 is 4.79 Å². The lowest BCUT2D eigenvalue weighted by Gasteiger charge is -2.39. The van der Waals surface area contributed by atoms with Crippen molar-refractivity contribution in [1.82, 2.24) is 15.1 Å². The zero-order valence-corrected chi connectivity index (χ0v) is 18.0. The highest BCUT2D eigenvalue weighted by Crippen LogP contribution is 2.30. The molecule has 2 aromatic carbocycles. The van der Waals surface area contributed by atoms with E-state index in [1.807, 2.05) is 54.6 Å². The van der Waals surface area contributed by atoms with Crippen molar-refractivity contribution in [2.24, 2.45) is 0 Å². The Labute approximate surface area is 188 Å². The molecule has 2 aliphatic heterocycles. The first-order valence-corrected chi connectivity index (χ1v) is 10.9. The molecule has 2 saturated heterocycles. The van der Waals surface area contributed by atoms with Crippen LogP contribution in [0.15, 0.2) is 66.7 Å². The lowest BCUT2D eigenvalue weighted by molar-refractivity contribution is 0.102. The number of hydrogen-bond donors (Lipinski definition) is 1. The molecular formula is C26H25N5O. The Morgan fingerprint density at radius 3 is 2.28 bits per heavy atom. The van der Waals surface area contributed by atoms with Gasteiger partial charge in [0.15, 0.2) is 5.82 Å². The molecule has 3 heterocycles. The van der Waals surface area contributed by atoms with E-state index in [9.17, 15) is 4.79 Å². The number of nitrogens with one attached hydrogen (secondary N) is 1. The van der Waals surface area contributed by atoms with Gasteiger partial charge in [-0.25, -0.2) is 0 Å². The van der Waals surface area contributed by atoms with Crippen molar-refractivity contribution in [3.63, 3.8) is 0 Å². The molecule has 1 amide bonds. The van der Waals surface area contributed by atoms with Gasteiger partial charge >= 0.3 is 0 Å². The second-order valence-electron chi connectivity index (χ2n) is 8.38. The van der Waals surface area contributed by atoms with Crippen LogP contribution >= 0.6 is 0 Å². The van der Waals surface area contributed by atoms with Gasteiger partial charge in [0.25, 0.3) is 5.91 Å². The van der Waals surface area contributed by atoms with Crippen molar-refractivity contribution >= 4 is 17.4 Å². The minimum atomic E-state index is -0.131. The highest BCUT2D eigenvalue weighted by Gasteiger charge is 2.37. The number of hydrogen-bond acceptors (Lipinski definition) is 5. The summed E-state index contributed by atoms with van der Waals surface area (Å²) < 4.78 is 0. The first kappa shape index (κ1) is 20.2. The van der Waals surface area contributed by atoms with Crippen LogP contribution in [0.2, 0.25) is 0 Å². The van der Waals surface area contributed by atoms with Gasteiger partial charge in [-0.05, 0) is 74.3 Å². The topological polar surface area (TPSA) is 61.4 Å². The summed E-state index contributed by atoms with van der Waals surface area (Å²) in [6.45, 7) is 2.03. The van der Waals surface area contributed by atoms with E-state index in [0.29, 0.717) is 23.3 Å².